The maximum Gasteiger partial charge on any atom is 0.365 e. The molecule has 22 heavy (non-hydrogen) atoms. The molecule has 7 nitrogen and oxygen atoms in total. The highest BCUT2D eigenvalue weighted by atomic mass is 16.7. The fraction of sp³-hybridized carbons (Fsp3) is 0.0667. The van der Waals surface area contributed by atoms with Gasteiger partial charge >= 0.3 is 11.9 Å². The third-order valence-electron chi connectivity index (χ3n) is 2.54. The molecule has 0 amide bonds. The predicted octanol–water partition coefficient (Wildman–Crippen LogP) is 1.48. The molecule has 0 fully saturated rings. The maximum atomic E-state index is 11.8. The number of aromatic nitrogens is 1. The second-order valence-corrected chi connectivity index (χ2v) is 4.21. The standard InChI is InChI=1S/C15H13N3O4/c1-10(19)21-13-6-4-11(5-7-13)15(20)22-18-14(16)12-3-2-8-17-9-12/h2-9H,1H3,(H2,16,18). The van der Waals surface area contributed by atoms with E-state index in [9.17, 15) is 9.59 Å². The fourth-order valence-electron chi connectivity index (χ4n) is 1.54. The summed E-state index contributed by atoms with van der Waals surface area (Å²) in [5.74, 6) is -0.745. The highest BCUT2D eigenvalue weighted by Gasteiger charge is 2.09. The molecule has 112 valence electrons. The number of nitrogens with two attached hydrogens (primary N) is 1. The molecule has 0 aliphatic rings. The zero-order chi connectivity index (χ0) is 15.9. The summed E-state index contributed by atoms with van der Waals surface area (Å²) < 4.78 is 4.86. The number of carbonyl (C=O) groups excluding carboxylic acids is 2. The number of rotatable bonds is 4. The summed E-state index contributed by atoms with van der Waals surface area (Å²) >= 11 is 0. The van der Waals surface area contributed by atoms with E-state index in [1.165, 1.54) is 37.4 Å². The van der Waals surface area contributed by atoms with Crippen LogP contribution in [0.2, 0.25) is 0 Å². The fourth-order valence-corrected chi connectivity index (χ4v) is 1.54. The SMILES string of the molecule is CC(=O)Oc1ccc(C(=O)O/N=C(\N)c2cccnc2)cc1. The van der Waals surface area contributed by atoms with Crippen molar-refractivity contribution >= 4 is 17.8 Å². The van der Waals surface area contributed by atoms with Crippen LogP contribution in [0.5, 0.6) is 5.75 Å². The van der Waals surface area contributed by atoms with Crippen LogP contribution in [0.4, 0.5) is 0 Å². The van der Waals surface area contributed by atoms with Crippen LogP contribution in [0.15, 0.2) is 53.9 Å². The second kappa shape index (κ2) is 6.98. The van der Waals surface area contributed by atoms with Gasteiger partial charge in [-0.2, -0.15) is 0 Å². The molecule has 0 aliphatic heterocycles. The van der Waals surface area contributed by atoms with Crippen LogP contribution in [-0.2, 0) is 9.63 Å². The molecule has 0 atom stereocenters. The minimum atomic E-state index is -0.679. The van der Waals surface area contributed by atoms with Crippen LogP contribution in [0.25, 0.3) is 0 Å². The van der Waals surface area contributed by atoms with E-state index < -0.39 is 11.9 Å². The Bertz CT molecular complexity index is 696. The summed E-state index contributed by atoms with van der Waals surface area (Å²) in [6.07, 6.45) is 3.09. The Kier molecular flexibility index (Phi) is 4.81. The van der Waals surface area contributed by atoms with Crippen molar-refractivity contribution in [3.63, 3.8) is 0 Å². The first-order chi connectivity index (χ1) is 10.6. The average molecular weight is 299 g/mol. The van der Waals surface area contributed by atoms with E-state index in [0.29, 0.717) is 11.3 Å². The number of ether oxygens (including phenoxy) is 1. The Balaban J connectivity index is 2.01. The van der Waals surface area contributed by atoms with Gasteiger partial charge in [-0.15, -0.1) is 0 Å². The number of amidine groups is 1. The first kappa shape index (κ1) is 15.2. The predicted molar refractivity (Wildman–Crippen MR) is 78.1 cm³/mol. The summed E-state index contributed by atoms with van der Waals surface area (Å²) in [7, 11) is 0. The van der Waals surface area contributed by atoms with E-state index in [2.05, 4.69) is 10.1 Å². The summed E-state index contributed by atoms with van der Waals surface area (Å²) in [6.45, 7) is 1.29. The van der Waals surface area contributed by atoms with Crippen LogP contribution in [0, 0.1) is 0 Å². The number of esters is 1. The number of nitrogens with zero attached hydrogens (tertiary/aromatic N) is 2. The lowest BCUT2D eigenvalue weighted by molar-refractivity contribution is -0.131. The van der Waals surface area contributed by atoms with Crippen molar-refractivity contribution in [2.45, 2.75) is 6.92 Å². The maximum absolute atomic E-state index is 11.8. The number of oxime groups is 1. The Morgan fingerprint density at radius 2 is 1.86 bits per heavy atom. The normalized spacial score (nSPS) is 10.9. The molecule has 7 heteroatoms. The van der Waals surface area contributed by atoms with Gasteiger partial charge < -0.3 is 15.3 Å². The van der Waals surface area contributed by atoms with E-state index in [4.69, 9.17) is 15.3 Å². The van der Waals surface area contributed by atoms with Crippen molar-refractivity contribution in [1.82, 2.24) is 4.98 Å². The van der Waals surface area contributed by atoms with Gasteiger partial charge in [0.15, 0.2) is 5.84 Å². The van der Waals surface area contributed by atoms with Crippen LogP contribution in [0.1, 0.15) is 22.8 Å². The summed E-state index contributed by atoms with van der Waals surface area (Å²) in [5.41, 5.74) is 6.47. The van der Waals surface area contributed by atoms with Crippen LogP contribution >= 0.6 is 0 Å². The molecule has 1 aromatic heterocycles. The monoisotopic (exact) mass is 299 g/mol. The first-order valence-corrected chi connectivity index (χ1v) is 6.30. The molecule has 2 aromatic rings. The number of pyridine rings is 1. The van der Waals surface area contributed by atoms with Crippen molar-refractivity contribution in [1.29, 1.82) is 0 Å². The number of carbonyl (C=O) groups is 2. The Morgan fingerprint density at radius 1 is 1.14 bits per heavy atom. The van der Waals surface area contributed by atoms with E-state index in [-0.39, 0.29) is 11.4 Å². The lowest BCUT2D eigenvalue weighted by Crippen LogP contribution is -2.15. The Morgan fingerprint density at radius 3 is 2.45 bits per heavy atom. The van der Waals surface area contributed by atoms with Crippen LogP contribution in [-0.4, -0.2) is 22.8 Å². The van der Waals surface area contributed by atoms with Gasteiger partial charge in [-0.25, -0.2) is 4.79 Å². The van der Waals surface area contributed by atoms with Crippen LogP contribution in [0.3, 0.4) is 0 Å². The van der Waals surface area contributed by atoms with Gasteiger partial charge in [-0.3, -0.25) is 9.78 Å². The van der Waals surface area contributed by atoms with Crippen molar-refractivity contribution in [2.75, 3.05) is 0 Å². The summed E-state index contributed by atoms with van der Waals surface area (Å²) in [5, 5.41) is 3.56. The lowest BCUT2D eigenvalue weighted by atomic mass is 10.2. The minimum absolute atomic E-state index is 0.0398. The first-order valence-electron chi connectivity index (χ1n) is 6.30. The molecule has 0 saturated carbocycles. The van der Waals surface area contributed by atoms with E-state index >= 15 is 0 Å². The molecule has 0 spiro atoms. The highest BCUT2D eigenvalue weighted by Crippen LogP contribution is 2.13. The molecular weight excluding hydrogens is 286 g/mol. The molecule has 2 rings (SSSR count). The molecule has 0 aliphatic carbocycles. The Hall–Kier alpha value is -3.22. The van der Waals surface area contributed by atoms with E-state index in [1.54, 1.807) is 18.3 Å². The topological polar surface area (TPSA) is 104 Å². The lowest BCUT2D eigenvalue weighted by Gasteiger charge is -2.03. The van der Waals surface area contributed by atoms with E-state index in [1.807, 2.05) is 0 Å². The molecule has 0 saturated heterocycles. The van der Waals surface area contributed by atoms with Crippen molar-refractivity contribution < 1.29 is 19.2 Å². The molecule has 0 bridgehead atoms. The number of benzene rings is 1. The zero-order valence-corrected chi connectivity index (χ0v) is 11.7. The largest absolute Gasteiger partial charge is 0.427 e. The van der Waals surface area contributed by atoms with E-state index in [0.717, 1.165) is 0 Å². The van der Waals surface area contributed by atoms with Gasteiger partial charge in [0.05, 0.1) is 5.56 Å². The molecule has 0 unspecified atom stereocenters. The molecule has 1 aromatic carbocycles. The van der Waals surface area contributed by atoms with Crippen LogP contribution < -0.4 is 10.5 Å². The quantitative estimate of drug-likeness (QED) is 0.229. The van der Waals surface area contributed by atoms with Crippen molar-refractivity contribution in [3.8, 4) is 5.75 Å². The van der Waals surface area contributed by atoms with Crippen molar-refractivity contribution in [2.24, 2.45) is 10.9 Å². The third-order valence-corrected chi connectivity index (χ3v) is 2.54. The molecule has 1 heterocycles. The molecular formula is C15H13N3O4. The highest BCUT2D eigenvalue weighted by molar-refractivity contribution is 5.97. The number of hydrogen-bond acceptors (Lipinski definition) is 6. The van der Waals surface area contributed by atoms with Gasteiger partial charge in [0, 0.05) is 24.9 Å². The summed E-state index contributed by atoms with van der Waals surface area (Å²) in [4.78, 5) is 31.2. The zero-order valence-electron chi connectivity index (χ0n) is 11.7. The number of hydrogen-bond donors (Lipinski definition) is 1. The van der Waals surface area contributed by atoms with Gasteiger partial charge in [0.1, 0.15) is 5.75 Å². The third kappa shape index (κ3) is 4.14. The molecule has 0 radical (unpaired) electrons. The van der Waals surface area contributed by atoms with Gasteiger partial charge in [-0.1, -0.05) is 5.16 Å². The minimum Gasteiger partial charge on any atom is -0.427 e. The van der Waals surface area contributed by atoms with Crippen molar-refractivity contribution in [3.05, 3.63) is 59.9 Å². The smallest absolute Gasteiger partial charge is 0.365 e. The average Bonchev–Trinajstić information content (AvgIpc) is 2.53. The summed E-state index contributed by atoms with van der Waals surface area (Å²) in [6, 6.07) is 9.24. The van der Waals surface area contributed by atoms with Gasteiger partial charge in [0.25, 0.3) is 0 Å². The van der Waals surface area contributed by atoms with Gasteiger partial charge in [-0.05, 0) is 36.4 Å². The second-order valence-electron chi connectivity index (χ2n) is 4.21. The Labute approximate surface area is 126 Å². The molecule has 2 N–H and O–H groups in total. The van der Waals surface area contributed by atoms with Gasteiger partial charge in [0.2, 0.25) is 0 Å².